The third kappa shape index (κ3) is 29.6. The number of hydrogen-bond donors (Lipinski definition) is 20. The Bertz CT molecular complexity index is 5190. The average molecular weight is 1910 g/mol. The highest BCUT2D eigenvalue weighted by atomic mass is 32.2. The van der Waals surface area contributed by atoms with E-state index in [1.165, 1.54) is 56.0 Å². The third-order valence-corrected chi connectivity index (χ3v) is 24.7. The van der Waals surface area contributed by atoms with Gasteiger partial charge in [0.2, 0.25) is 100 Å². The number of carbonyl (C=O) groups excluding carboxylic acids is 17. The smallest absolute Gasteiger partial charge is 0.323 e. The number of nitrogens with two attached hydrogens (primary N) is 4. The van der Waals surface area contributed by atoms with Crippen LogP contribution in [0.25, 0.3) is 21.8 Å². The van der Waals surface area contributed by atoms with Crippen LogP contribution in [0.2, 0.25) is 0 Å². The van der Waals surface area contributed by atoms with Gasteiger partial charge in [0.25, 0.3) is 0 Å². The zero-order valence-electron chi connectivity index (χ0n) is 75.7. The molecule has 2 aromatic heterocycles. The molecule has 24 N–H and O–H groups in total. The third-order valence-electron chi connectivity index (χ3n) is 23.7. The quantitative estimate of drug-likeness (QED) is 0.0234. The molecular formula is C88H121N21O25S. The number of unbranched alkanes of at least 4 members (excludes halogenated alkanes) is 2. The Morgan fingerprint density at radius 1 is 0.519 bits per heavy atom. The maximum Gasteiger partial charge on any atom is 0.323 e. The van der Waals surface area contributed by atoms with E-state index in [9.17, 15) is 87.9 Å². The molecule has 47 heteroatoms. The number of nitrogens with zero attached hydrogens (tertiary/aromatic N) is 6. The van der Waals surface area contributed by atoms with Gasteiger partial charge in [-0.15, -0.1) is 11.8 Å². The van der Waals surface area contributed by atoms with Crippen molar-refractivity contribution in [3.63, 3.8) is 0 Å². The number of likely N-dealkylation sites (N-methyl/N-ethyl adjacent to an activating group) is 3. The van der Waals surface area contributed by atoms with Crippen LogP contribution in [0.4, 0.5) is 0 Å². The normalized spacial score (nSPS) is 24.7. The Labute approximate surface area is 780 Å². The zero-order valence-corrected chi connectivity index (χ0v) is 76.5. The summed E-state index contributed by atoms with van der Waals surface area (Å²) >= 11 is 0.653. The summed E-state index contributed by atoms with van der Waals surface area (Å²) in [5, 5.41) is 77.9. The molecule has 5 aromatic rings. The Balaban J connectivity index is 1.21. The number of nitrogens with one attached hydrogen (secondary N) is 11. The number of aromatic nitrogens is 2. The lowest BCUT2D eigenvalue weighted by Gasteiger charge is -2.36. The number of phenols is 1. The summed E-state index contributed by atoms with van der Waals surface area (Å²) in [7, 11) is 3.63. The number of aromatic amines is 1. The fourth-order valence-electron chi connectivity index (χ4n) is 16.3. The summed E-state index contributed by atoms with van der Waals surface area (Å²) in [4.78, 5) is 293. The van der Waals surface area contributed by atoms with Crippen LogP contribution in [0, 0.1) is 0 Å². The van der Waals surface area contributed by atoms with E-state index in [1.807, 2.05) is 0 Å². The van der Waals surface area contributed by atoms with E-state index >= 15 is 33.6 Å². The van der Waals surface area contributed by atoms with E-state index in [4.69, 9.17) is 22.9 Å². The summed E-state index contributed by atoms with van der Waals surface area (Å²) < 4.78 is 1.39. The van der Waals surface area contributed by atoms with Gasteiger partial charge >= 0.3 is 17.9 Å². The average Bonchev–Trinajstić information content (AvgIpc) is 1.55. The van der Waals surface area contributed by atoms with Gasteiger partial charge in [-0.05, 0) is 92.9 Å². The molecule has 0 bridgehead atoms. The lowest BCUT2D eigenvalue weighted by molar-refractivity contribution is -0.149. The molecule has 3 aliphatic rings. The minimum Gasteiger partial charge on any atom is -0.508 e. The fraction of sp³-hybridized carbons (Fsp3) is 0.523. The van der Waals surface area contributed by atoms with Gasteiger partial charge in [-0.1, -0.05) is 88.1 Å². The van der Waals surface area contributed by atoms with E-state index in [0.29, 0.717) is 63.1 Å². The molecule has 3 aromatic carbocycles. The fourth-order valence-corrected chi connectivity index (χ4v) is 17.2. The monoisotopic (exact) mass is 1900 g/mol. The molecule has 1 unspecified atom stereocenters. The van der Waals surface area contributed by atoms with Crippen LogP contribution in [0.5, 0.6) is 5.75 Å². The van der Waals surface area contributed by atoms with Crippen molar-refractivity contribution in [1.82, 2.24) is 87.2 Å². The second-order valence-electron chi connectivity index (χ2n) is 33.6. The number of primary amides is 2. The first-order valence-corrected chi connectivity index (χ1v) is 45.4. The second-order valence-corrected chi connectivity index (χ2v) is 34.6. The van der Waals surface area contributed by atoms with Crippen LogP contribution < -0.4 is 76.1 Å². The molecule has 17 amide bonds. The van der Waals surface area contributed by atoms with E-state index in [0.717, 1.165) is 31.5 Å². The molecular weight excluding hydrogens is 1780 g/mol. The predicted molar refractivity (Wildman–Crippen MR) is 485 cm³/mol. The SMILES string of the molecule is CCCC[C@H]1C(=O)N(C)[C@@H](CCCC)C(=O)N[C@@H](CC(=O)O)C(=O)N[C@H](C(=O)NCC(N)=O)CSCC(=O)N[C@@H](Cc2ccc(O)cc2)C(=O)N(C)[C@@H](C)C(=O)N[C@@H](CC(N)=O)C(=O)N2CCCC2C(=O)N[C@@H](CN)C(=O)N[C@@H](CCC(=O)O)C(=O)N2C[C@H](O)C[C@H]2C(=O)N[C@@H](Cc2c[nH]c3ccccc23)C(=O)N[C@@H](CCN)C(=O)N[C@@H](Cc2cn(CC(=O)O)c3ccccc23)C(=O)N1C. The van der Waals surface area contributed by atoms with Crippen LogP contribution in [0.1, 0.15) is 127 Å². The van der Waals surface area contributed by atoms with Crippen molar-refractivity contribution in [3.8, 4) is 5.75 Å². The highest BCUT2D eigenvalue weighted by Gasteiger charge is 2.47. The minimum absolute atomic E-state index is 0.0986. The van der Waals surface area contributed by atoms with Gasteiger partial charge in [0, 0.05) is 113 Å². The first-order valence-electron chi connectivity index (χ1n) is 44.3. The molecule has 0 aliphatic carbocycles. The molecule has 8 rings (SSSR count). The van der Waals surface area contributed by atoms with Crippen molar-refractivity contribution >= 4 is 152 Å². The minimum atomic E-state index is -2.06. The van der Waals surface area contributed by atoms with Crippen molar-refractivity contribution in [3.05, 3.63) is 102 Å². The number of thioether (sulfide) groups is 1. The molecule has 15 atom stereocenters. The lowest BCUT2D eigenvalue weighted by atomic mass is 9.99. The molecule has 3 aliphatic heterocycles. The number of aliphatic hydroxyl groups excluding tert-OH is 1. The standard InChI is InChI=1S/C88H121N21O25S/c1-7-9-19-65-81(127)99-58(37-73(117)118)79(125)103-63(76(122)94-40-70(92)113)44-135-45-71(114)95-59(32-47-23-25-50(110)26-24-47)84(130)104(4)46(3)75(121)100-61(36-69(91)112)87(133)108-31-15-22-66(108)82(128)102-62(38-90)80(126)97-56(27-28-72(115)116)86(132)109-42-51(111)35-68(109)83(129)98-57(33-48-39-93-54-18-13-11-16-52(48)54)78(124)96-55(29-30-89)77(123)101-60(85(131)106(6)67(20-10-8-2)88(134)105(65)5)34-49-41-107(43-74(119)120)64-21-14-12-17-53(49)64/h11-14,16-18,21,23-26,39,41,46,51,55-63,65-68,93,110-111H,7-10,15,19-20,22,27-38,40,42-45,89-90H2,1-6H3,(H2,91,112)(H2,92,113)(H,94,122)(H,95,114)(H,96,124)(H,97,126)(H,98,129)(H,99,127)(H,100,121)(H,101,123)(H,102,128)(H,103,125)(H,115,116)(H,117,118)(H,119,120)/t46-,51+,55-,56-,57-,58-,59-,60-,61-,62-,63-,65-,66?,67-,68-/m0/s1. The van der Waals surface area contributed by atoms with Crippen LogP contribution in [-0.2, 0) is 122 Å². The van der Waals surface area contributed by atoms with Gasteiger partial charge in [0.05, 0.1) is 31.2 Å². The van der Waals surface area contributed by atoms with Crippen molar-refractivity contribution in [2.75, 3.05) is 65.4 Å². The number of phenolic OH excluding ortho intramolecular Hbond substituents is 1. The number of amides is 17. The van der Waals surface area contributed by atoms with E-state index in [2.05, 4.69) is 58.2 Å². The molecule has 3 fully saturated rings. The maximum atomic E-state index is 15.9. The Morgan fingerprint density at radius 3 is 1.73 bits per heavy atom. The zero-order chi connectivity index (χ0) is 99.4. The van der Waals surface area contributed by atoms with Gasteiger partial charge in [0.15, 0.2) is 0 Å². The molecule has 46 nitrogen and oxygen atoms in total. The number of hydrogen-bond acceptors (Lipinski definition) is 25. The second kappa shape index (κ2) is 50.3. The number of aliphatic carboxylic acids is 3. The molecule has 3 saturated heterocycles. The van der Waals surface area contributed by atoms with Gasteiger partial charge in [-0.2, -0.15) is 0 Å². The highest BCUT2D eigenvalue weighted by molar-refractivity contribution is 8.00. The summed E-state index contributed by atoms with van der Waals surface area (Å²) in [5.74, 6) is -24.0. The van der Waals surface area contributed by atoms with Crippen LogP contribution in [0.15, 0.2) is 85.2 Å². The number of carboxylic acids is 3. The molecule has 0 spiro atoms. The molecule has 0 radical (unpaired) electrons. The van der Waals surface area contributed by atoms with Crippen LogP contribution >= 0.6 is 11.8 Å². The largest absolute Gasteiger partial charge is 0.508 e. The van der Waals surface area contributed by atoms with E-state index in [1.54, 1.807) is 68.6 Å². The lowest BCUT2D eigenvalue weighted by Crippen LogP contribution is -2.61. The number of para-hydroxylation sites is 2. The first-order chi connectivity index (χ1) is 64.1. The van der Waals surface area contributed by atoms with E-state index < -0.39 is 285 Å². The number of rotatable bonds is 27. The molecule has 135 heavy (non-hydrogen) atoms. The summed E-state index contributed by atoms with van der Waals surface area (Å²) in [6, 6.07) is -5.19. The number of carbonyl (C=O) groups is 20. The van der Waals surface area contributed by atoms with Crippen LogP contribution in [0.3, 0.4) is 0 Å². The number of aromatic hydroxyl groups is 1. The number of benzene rings is 3. The number of H-pyrrole nitrogens is 1. The van der Waals surface area contributed by atoms with Crippen LogP contribution in [-0.4, -0.2) is 334 Å². The van der Waals surface area contributed by atoms with Gasteiger partial charge in [0.1, 0.15) is 96.9 Å². The number of carboxylic acid groups (broad SMARTS) is 3. The Kier molecular flexibility index (Phi) is 39.7. The number of aliphatic hydroxyl groups is 1. The maximum absolute atomic E-state index is 15.9. The summed E-state index contributed by atoms with van der Waals surface area (Å²) in [6.07, 6.45) is -3.10. The molecule has 0 saturated carbocycles. The van der Waals surface area contributed by atoms with Gasteiger partial charge in [-0.25, -0.2) is 0 Å². The van der Waals surface area contributed by atoms with Crippen molar-refractivity contribution in [1.29, 1.82) is 0 Å². The summed E-state index contributed by atoms with van der Waals surface area (Å²) in [5.41, 5.74) is 25.4. The molecule has 734 valence electrons. The Hall–Kier alpha value is -13.8. The van der Waals surface area contributed by atoms with E-state index in [-0.39, 0.29) is 76.6 Å². The Morgan fingerprint density at radius 2 is 1.08 bits per heavy atom. The van der Waals surface area contributed by atoms with Crippen molar-refractivity contribution in [2.24, 2.45) is 22.9 Å². The number of fused-ring (bicyclic) bond motifs is 4. The van der Waals surface area contributed by atoms with Crippen molar-refractivity contribution < 1.29 is 121 Å². The van der Waals surface area contributed by atoms with Gasteiger partial charge in [-0.3, -0.25) is 95.9 Å². The first kappa shape index (κ1) is 107. The predicted octanol–water partition coefficient (Wildman–Crippen LogP) is -4.99. The topological polar surface area (TPSA) is 704 Å². The molecule has 5 heterocycles. The van der Waals surface area contributed by atoms with Crippen molar-refractivity contribution in [2.45, 2.75) is 227 Å². The summed E-state index contributed by atoms with van der Waals surface area (Å²) in [6.45, 7) is 1.50. The highest BCUT2D eigenvalue weighted by Crippen LogP contribution is 2.29. The van der Waals surface area contributed by atoms with Gasteiger partial charge < -0.3 is 136 Å².